The molecule has 1 aliphatic heterocycles. The highest BCUT2D eigenvalue weighted by atomic mass is 19.1. The molecular formula is C22H21FN4O2. The van der Waals surface area contributed by atoms with Gasteiger partial charge in [0, 0.05) is 13.1 Å². The fraction of sp³-hybridized carbons (Fsp3) is 0.227. The largest absolute Gasteiger partial charge is 0.347 e. The van der Waals surface area contributed by atoms with Gasteiger partial charge in [-0.15, -0.1) is 0 Å². The Labute approximate surface area is 167 Å². The Morgan fingerprint density at radius 2 is 1.76 bits per heavy atom. The average Bonchev–Trinajstić information content (AvgIpc) is 3.18. The SMILES string of the molecule is O=C(NCc1ccccc1)c1cc2n(n1)CCN(C(=O)Cc1ccc(F)cc1)C2. The van der Waals surface area contributed by atoms with Gasteiger partial charge < -0.3 is 10.2 Å². The second kappa shape index (κ2) is 8.26. The maximum atomic E-state index is 13.0. The number of hydrogen-bond acceptors (Lipinski definition) is 3. The zero-order chi connectivity index (χ0) is 20.2. The average molecular weight is 392 g/mol. The fourth-order valence-corrected chi connectivity index (χ4v) is 3.35. The lowest BCUT2D eigenvalue weighted by Gasteiger charge is -2.27. The molecule has 2 aromatic carbocycles. The van der Waals surface area contributed by atoms with Crippen LogP contribution in [0.25, 0.3) is 0 Å². The molecule has 0 saturated carbocycles. The van der Waals surface area contributed by atoms with Crippen molar-refractivity contribution in [3.63, 3.8) is 0 Å². The minimum Gasteiger partial charge on any atom is -0.347 e. The second-order valence-corrected chi connectivity index (χ2v) is 7.03. The number of fused-ring (bicyclic) bond motifs is 1. The van der Waals surface area contributed by atoms with Gasteiger partial charge in [-0.05, 0) is 29.3 Å². The molecule has 4 rings (SSSR count). The monoisotopic (exact) mass is 392 g/mol. The van der Waals surface area contributed by atoms with Gasteiger partial charge in [-0.1, -0.05) is 42.5 Å². The number of amides is 2. The van der Waals surface area contributed by atoms with E-state index in [2.05, 4.69) is 10.4 Å². The molecule has 1 aromatic heterocycles. The molecule has 148 valence electrons. The van der Waals surface area contributed by atoms with Crippen LogP contribution in [-0.2, 0) is 30.8 Å². The van der Waals surface area contributed by atoms with Gasteiger partial charge in [0.15, 0.2) is 5.69 Å². The normalized spacial score (nSPS) is 13.1. The summed E-state index contributed by atoms with van der Waals surface area (Å²) in [6.07, 6.45) is 0.221. The molecule has 3 aromatic rings. The molecule has 29 heavy (non-hydrogen) atoms. The highest BCUT2D eigenvalue weighted by molar-refractivity contribution is 5.92. The molecule has 6 nitrogen and oxygen atoms in total. The Hall–Kier alpha value is -3.48. The lowest BCUT2D eigenvalue weighted by atomic mass is 10.1. The maximum absolute atomic E-state index is 13.0. The van der Waals surface area contributed by atoms with Gasteiger partial charge in [0.05, 0.1) is 25.2 Å². The predicted octanol–water partition coefficient (Wildman–Crippen LogP) is 2.54. The van der Waals surface area contributed by atoms with E-state index in [9.17, 15) is 14.0 Å². The van der Waals surface area contributed by atoms with Crippen molar-refractivity contribution in [2.75, 3.05) is 6.54 Å². The molecule has 0 bridgehead atoms. The van der Waals surface area contributed by atoms with E-state index in [1.54, 1.807) is 27.8 Å². The van der Waals surface area contributed by atoms with Crippen molar-refractivity contribution in [2.45, 2.75) is 26.1 Å². The summed E-state index contributed by atoms with van der Waals surface area (Å²) in [4.78, 5) is 26.7. The van der Waals surface area contributed by atoms with Crippen molar-refractivity contribution >= 4 is 11.8 Å². The van der Waals surface area contributed by atoms with Crippen LogP contribution < -0.4 is 5.32 Å². The number of halogens is 1. The standard InChI is InChI=1S/C22H21FN4O2/c23-18-8-6-16(7-9-18)12-21(28)26-10-11-27-19(15-26)13-20(25-27)22(29)24-14-17-4-2-1-3-5-17/h1-9,13H,10-12,14-15H2,(H,24,29). The molecule has 0 unspecified atom stereocenters. The van der Waals surface area contributed by atoms with Gasteiger partial charge >= 0.3 is 0 Å². The molecular weight excluding hydrogens is 371 g/mol. The number of nitrogens with zero attached hydrogens (tertiary/aromatic N) is 3. The van der Waals surface area contributed by atoms with Crippen LogP contribution >= 0.6 is 0 Å². The number of carbonyl (C=O) groups excluding carboxylic acids is 2. The van der Waals surface area contributed by atoms with Crippen LogP contribution in [-0.4, -0.2) is 33.0 Å². The van der Waals surface area contributed by atoms with E-state index < -0.39 is 0 Å². The van der Waals surface area contributed by atoms with E-state index in [0.29, 0.717) is 31.9 Å². The zero-order valence-electron chi connectivity index (χ0n) is 15.8. The smallest absolute Gasteiger partial charge is 0.272 e. The molecule has 7 heteroatoms. The highest BCUT2D eigenvalue weighted by Gasteiger charge is 2.24. The maximum Gasteiger partial charge on any atom is 0.272 e. The van der Waals surface area contributed by atoms with Gasteiger partial charge in [-0.3, -0.25) is 14.3 Å². The van der Waals surface area contributed by atoms with Crippen molar-refractivity contribution in [1.82, 2.24) is 20.0 Å². The van der Waals surface area contributed by atoms with Crippen molar-refractivity contribution in [1.29, 1.82) is 0 Å². The Bertz CT molecular complexity index is 1020. The Morgan fingerprint density at radius 3 is 2.52 bits per heavy atom. The van der Waals surface area contributed by atoms with Crippen LogP contribution in [0.3, 0.4) is 0 Å². The van der Waals surface area contributed by atoms with Gasteiger partial charge in [0.25, 0.3) is 5.91 Å². The Morgan fingerprint density at radius 1 is 1.00 bits per heavy atom. The van der Waals surface area contributed by atoms with E-state index in [4.69, 9.17) is 0 Å². The van der Waals surface area contributed by atoms with E-state index >= 15 is 0 Å². The second-order valence-electron chi connectivity index (χ2n) is 7.03. The first-order chi connectivity index (χ1) is 14.1. The van der Waals surface area contributed by atoms with Gasteiger partial charge in [-0.25, -0.2) is 4.39 Å². The van der Waals surface area contributed by atoms with Gasteiger partial charge in [0.2, 0.25) is 5.91 Å². The summed E-state index contributed by atoms with van der Waals surface area (Å²) in [5, 5.41) is 7.25. The quantitative estimate of drug-likeness (QED) is 0.726. The molecule has 0 aliphatic carbocycles. The summed E-state index contributed by atoms with van der Waals surface area (Å²) >= 11 is 0. The molecule has 2 heterocycles. The Balaban J connectivity index is 1.37. The van der Waals surface area contributed by atoms with E-state index in [-0.39, 0.29) is 24.1 Å². The molecule has 0 saturated heterocycles. The van der Waals surface area contributed by atoms with Crippen LogP contribution in [0.4, 0.5) is 4.39 Å². The zero-order valence-corrected chi connectivity index (χ0v) is 15.8. The Kier molecular flexibility index (Phi) is 5.37. The predicted molar refractivity (Wildman–Crippen MR) is 105 cm³/mol. The van der Waals surface area contributed by atoms with Crippen LogP contribution in [0.5, 0.6) is 0 Å². The first-order valence-electron chi connectivity index (χ1n) is 9.49. The van der Waals surface area contributed by atoms with Crippen LogP contribution in [0.2, 0.25) is 0 Å². The number of hydrogen-bond donors (Lipinski definition) is 1. The molecule has 0 spiro atoms. The van der Waals surface area contributed by atoms with Crippen molar-refractivity contribution in [3.8, 4) is 0 Å². The van der Waals surface area contributed by atoms with Crippen LogP contribution in [0.15, 0.2) is 60.7 Å². The first-order valence-corrected chi connectivity index (χ1v) is 9.49. The van der Waals surface area contributed by atoms with Crippen molar-refractivity contribution < 1.29 is 14.0 Å². The molecule has 0 fully saturated rings. The summed E-state index contributed by atoms with van der Waals surface area (Å²) in [5.41, 5.74) is 2.97. The molecule has 0 radical (unpaired) electrons. The minimum atomic E-state index is -0.318. The molecule has 2 amide bonds. The number of nitrogens with one attached hydrogen (secondary N) is 1. The number of aromatic nitrogens is 2. The summed E-state index contributed by atoms with van der Waals surface area (Å²) < 4.78 is 14.8. The molecule has 0 atom stereocenters. The summed E-state index contributed by atoms with van der Waals surface area (Å²) in [6, 6.07) is 17.4. The van der Waals surface area contributed by atoms with Crippen molar-refractivity contribution in [2.24, 2.45) is 0 Å². The third-order valence-electron chi connectivity index (χ3n) is 4.95. The summed E-state index contributed by atoms with van der Waals surface area (Å²) in [7, 11) is 0. The lowest BCUT2D eigenvalue weighted by Crippen LogP contribution is -2.39. The summed E-state index contributed by atoms with van der Waals surface area (Å²) in [6.45, 7) is 1.90. The number of rotatable bonds is 5. The van der Waals surface area contributed by atoms with Crippen molar-refractivity contribution in [3.05, 3.63) is 89.0 Å². The first kappa shape index (κ1) is 18.9. The molecule has 1 N–H and O–H groups in total. The van der Waals surface area contributed by atoms with Crippen LogP contribution in [0, 0.1) is 5.82 Å². The van der Waals surface area contributed by atoms with E-state index in [0.717, 1.165) is 16.8 Å². The fourth-order valence-electron chi connectivity index (χ4n) is 3.35. The minimum absolute atomic E-state index is 0.0286. The number of carbonyl (C=O) groups is 2. The summed E-state index contributed by atoms with van der Waals surface area (Å²) in [5.74, 6) is -0.583. The number of benzene rings is 2. The third kappa shape index (κ3) is 4.51. The molecule has 1 aliphatic rings. The van der Waals surface area contributed by atoms with Crippen LogP contribution in [0.1, 0.15) is 27.3 Å². The van der Waals surface area contributed by atoms with E-state index in [1.165, 1.54) is 12.1 Å². The third-order valence-corrected chi connectivity index (χ3v) is 4.95. The van der Waals surface area contributed by atoms with Gasteiger partial charge in [0.1, 0.15) is 5.82 Å². The van der Waals surface area contributed by atoms with Gasteiger partial charge in [-0.2, -0.15) is 5.10 Å². The van der Waals surface area contributed by atoms with E-state index in [1.807, 2.05) is 30.3 Å². The lowest BCUT2D eigenvalue weighted by molar-refractivity contribution is -0.132. The topological polar surface area (TPSA) is 67.2 Å². The highest BCUT2D eigenvalue weighted by Crippen LogP contribution is 2.16.